The lowest BCUT2D eigenvalue weighted by Crippen LogP contribution is -2.72. The van der Waals surface area contributed by atoms with Gasteiger partial charge in [0.1, 0.15) is 105 Å². The second-order valence-corrected chi connectivity index (χ2v) is 33.7. The number of aryl methyl sites for hydroxylation is 1. The summed E-state index contributed by atoms with van der Waals surface area (Å²) in [5.41, 5.74) is -0.179. The van der Waals surface area contributed by atoms with E-state index in [1.54, 1.807) is 23.4 Å². The van der Waals surface area contributed by atoms with Gasteiger partial charge in [0.05, 0.1) is 17.9 Å². The molecule has 0 bridgehead atoms. The third-order valence-corrected chi connectivity index (χ3v) is 29.3. The van der Waals surface area contributed by atoms with Gasteiger partial charge in [-0.3, -0.25) is 147 Å². The zero-order valence-electron chi connectivity index (χ0n) is 61.9. The number of nitrogens with zero attached hydrogens (tertiary/aromatic N) is 32. The molecule has 3 aromatic rings. The Hall–Kier alpha value is -13.5. The number of hydrogen-bond donors (Lipinski definition) is 0. The van der Waals surface area contributed by atoms with Crippen LogP contribution in [0.4, 0.5) is 72.8 Å². The second kappa shape index (κ2) is 20.7. The summed E-state index contributed by atoms with van der Waals surface area (Å²) in [6, 6.07) is 4.35. The van der Waals surface area contributed by atoms with Gasteiger partial charge < -0.3 is 4.90 Å². The zero-order chi connectivity index (χ0) is 78.6. The number of anilines is 1. The summed E-state index contributed by atoms with van der Waals surface area (Å²) in [5, 5.41) is 9.59. The van der Waals surface area contributed by atoms with Crippen molar-refractivity contribution in [3.05, 3.63) is 54.1 Å². The molecule has 22 aliphatic rings. The van der Waals surface area contributed by atoms with Gasteiger partial charge >= 0.3 is 84.4 Å². The Labute approximate surface area is 654 Å². The maximum Gasteiger partial charge on any atom is 0.326 e. The number of carbonyl (C=O) groups excluding carboxylic acids is 16. The highest BCUT2D eigenvalue weighted by Gasteiger charge is 2.82. The van der Waals surface area contributed by atoms with E-state index in [-0.39, 0.29) is 56.9 Å². The summed E-state index contributed by atoms with van der Waals surface area (Å²) >= 11 is 0. The fraction of sp³-hybridized carbons (Fsp3) is 0.559. The monoisotopic (exact) mass is 1590 g/mol. The van der Waals surface area contributed by atoms with Crippen molar-refractivity contribution in [2.75, 3.05) is 98.3 Å². The number of unbranched alkanes of at least 4 members (excludes halogenated alkanes) is 1. The first-order chi connectivity index (χ1) is 56.0. The van der Waals surface area contributed by atoms with Gasteiger partial charge in [0, 0.05) is 36.9 Å². The molecule has 21 fully saturated rings. The molecule has 0 unspecified atom stereocenters. The van der Waals surface area contributed by atoms with Crippen molar-refractivity contribution in [1.82, 2.24) is 152 Å². The van der Waals surface area contributed by atoms with Gasteiger partial charge in [-0.1, -0.05) is 54.6 Å². The number of urea groups is 14. The van der Waals surface area contributed by atoms with Crippen LogP contribution in [0.5, 0.6) is 0 Å². The Kier molecular flexibility index (Phi) is 11.6. The molecular weight excluding hydrogens is 1520 g/mol. The Morgan fingerprint density at radius 2 is 0.647 bits per heavy atom. The van der Waals surface area contributed by atoms with Crippen molar-refractivity contribution in [2.24, 2.45) is 0 Å². The molecule has 21 saturated heterocycles. The van der Waals surface area contributed by atoms with Gasteiger partial charge in [0.2, 0.25) is 5.91 Å². The number of carbonyl (C=O) groups is 16. The lowest BCUT2D eigenvalue weighted by Gasteiger charge is -2.52. The van der Waals surface area contributed by atoms with E-state index >= 15 is 67.1 Å². The largest absolute Gasteiger partial charge is 0.326 e. The minimum atomic E-state index is -1.97. The fourth-order valence-corrected chi connectivity index (χ4v) is 24.1. The van der Waals surface area contributed by atoms with Crippen LogP contribution in [-0.2, 0) is 22.7 Å². The number of amides is 29. The van der Waals surface area contributed by atoms with E-state index in [0.717, 1.165) is 11.1 Å². The van der Waals surface area contributed by atoms with Crippen molar-refractivity contribution in [3.8, 4) is 22.5 Å². The number of ketones is 1. The molecule has 598 valence electrons. The Bertz CT molecular complexity index is 5130. The minimum absolute atomic E-state index is 0.0101. The van der Waals surface area contributed by atoms with Crippen LogP contribution in [0.3, 0.4) is 0 Å². The van der Waals surface area contributed by atoms with E-state index in [4.69, 9.17) is 10.3 Å². The van der Waals surface area contributed by atoms with Gasteiger partial charge in [-0.05, 0) is 37.8 Å². The topological polar surface area (TPSA) is 398 Å². The molecule has 0 atom stereocenters. The predicted molar refractivity (Wildman–Crippen MR) is 372 cm³/mol. The Morgan fingerprint density at radius 3 is 0.974 bits per heavy atom. The van der Waals surface area contributed by atoms with Gasteiger partial charge in [0.15, 0.2) is 85.3 Å². The van der Waals surface area contributed by atoms with E-state index in [0.29, 0.717) is 29.1 Å². The van der Waals surface area contributed by atoms with Crippen LogP contribution in [0.2, 0.25) is 0 Å². The highest BCUT2D eigenvalue weighted by atomic mass is 16.3. The van der Waals surface area contributed by atoms with E-state index in [1.165, 1.54) is 137 Å². The molecule has 25 rings (SSSR count). The van der Waals surface area contributed by atoms with Gasteiger partial charge in [0.25, 0.3) is 0 Å². The summed E-state index contributed by atoms with van der Waals surface area (Å²) in [4.78, 5) is 290. The molecule has 0 N–H and O–H groups in total. The molecule has 22 aliphatic heterocycles. The highest BCUT2D eigenvalue weighted by Crippen LogP contribution is 2.60. The number of fused-ring (bicyclic) bond motifs is 5. The minimum Gasteiger partial charge on any atom is -0.307 e. The SMILES string of the molecule is CCC(=O)CCC(=O)N1Cc2ccccc2-c2c(nnn2CCCCC23N4CN5C(=O)N6CN7C(=O)N8CN9C(=O)N%10CN%11C(=O)N%12CN%13C(=O)N%14CN%15C(=O)N%16CN(C4=O)C2(C)N2CN4C(=O)N(CN%17C(=O)N(CN%18C(=O)N(CN%19C(=O)N(CN%20C(=O)N(CN%21C(=O)N(CN3C2=O)C5C6%21)C7C8%20)C9C%10%19)C%11C%12%18)C%13C%14%17)C%15C%164)-c2ccccc21. The molecule has 0 aliphatic carbocycles. The maximum absolute atomic E-state index is 16.9. The van der Waals surface area contributed by atoms with Gasteiger partial charge in [-0.25, -0.2) is 71.8 Å². The number of Topliss-reactive ketones (excluding diaryl/α,β-unsaturated/α-hetero) is 1. The quantitative estimate of drug-likeness (QED) is 0.221. The maximum atomic E-state index is 16.9. The number of aromatic nitrogens is 3. The van der Waals surface area contributed by atoms with Gasteiger partial charge in [-0.2, -0.15) is 0 Å². The first-order valence-corrected chi connectivity index (χ1v) is 39.0. The molecule has 48 nitrogen and oxygen atoms in total. The van der Waals surface area contributed by atoms with Crippen LogP contribution in [0, 0.1) is 0 Å². The van der Waals surface area contributed by atoms with E-state index in [2.05, 4.69) is 0 Å². The van der Waals surface area contributed by atoms with Crippen LogP contribution >= 0.6 is 0 Å². The second-order valence-electron chi connectivity index (χ2n) is 33.7. The molecular formula is C68H70N32O16. The Morgan fingerprint density at radius 1 is 0.353 bits per heavy atom. The molecule has 0 spiro atoms. The molecule has 29 amide bonds. The molecule has 1 aromatic heterocycles. The smallest absolute Gasteiger partial charge is 0.307 e. The summed E-state index contributed by atoms with van der Waals surface area (Å²) in [6.07, 6.45) is -15.1. The molecule has 48 heteroatoms. The molecule has 0 saturated carbocycles. The number of hydrogen-bond acceptors (Lipinski definition) is 18. The molecule has 116 heavy (non-hydrogen) atoms. The summed E-state index contributed by atoms with van der Waals surface area (Å²) in [5.74, 6) is -0.292. The van der Waals surface area contributed by atoms with Crippen LogP contribution < -0.4 is 4.90 Å². The van der Waals surface area contributed by atoms with E-state index < -0.39 is 263 Å². The predicted octanol–water partition coefficient (Wildman–Crippen LogP) is -1.45. The average molecular weight is 1590 g/mol. The molecule has 23 heterocycles. The number of rotatable bonds is 9. The standard InChI is InChI=1S/C68H70N32O16/c1-3-34(101)14-15-38(102)71-18-33-10-4-5-11-35(33)40-39(36-12-6-7-13-37(36)71)69-70-100(40)17-9-8-16-68-67(2)96-29-92-51-49-88(61(92)111)25-84-47-45-80(57(84)107)21-76-43-41-72(53(76)103)19-74-42-44-78(55(74)105)23-82-46-48-86(59(82)109)27-90-50-52(94(63(90)113)31-98(68)65(96)115)95-32-99(68)66(116)97(67)30-93(51)62(112)89(49)26-85(47)58(108)81(45)22-77(43)54(104)73(41)20-75(42)56(106)79(44)24-83(46)60(110)87(48)28-91(50)64(95)114/h4-7,10-13,41-52H,3,8-9,14-32H2,1-2H3. The number of para-hydroxylation sites is 1. The van der Waals surface area contributed by atoms with Crippen molar-refractivity contribution in [2.45, 2.75) is 151 Å². The lowest BCUT2D eigenvalue weighted by atomic mass is 9.87. The highest BCUT2D eigenvalue weighted by molar-refractivity contribution is 6.02. The number of benzene rings is 2. The van der Waals surface area contributed by atoms with Crippen LogP contribution in [0.25, 0.3) is 22.5 Å². The zero-order valence-corrected chi connectivity index (χ0v) is 61.9. The summed E-state index contributed by atoms with van der Waals surface area (Å²) < 4.78 is 1.76. The van der Waals surface area contributed by atoms with Crippen LogP contribution in [-0.4, -0.2) is 427 Å². The van der Waals surface area contributed by atoms with E-state index in [1.807, 2.05) is 48.5 Å². The van der Waals surface area contributed by atoms with Crippen LogP contribution in [0.15, 0.2) is 48.5 Å². The van der Waals surface area contributed by atoms with Crippen molar-refractivity contribution >= 4 is 102 Å². The van der Waals surface area contributed by atoms with Crippen molar-refractivity contribution in [3.63, 3.8) is 0 Å². The summed E-state index contributed by atoms with van der Waals surface area (Å²) in [6.45, 7) is -4.41. The first kappa shape index (κ1) is 65.0. The van der Waals surface area contributed by atoms with Crippen molar-refractivity contribution < 1.29 is 76.7 Å². The third-order valence-electron chi connectivity index (χ3n) is 29.3. The Balaban J connectivity index is 0.622. The van der Waals surface area contributed by atoms with Crippen molar-refractivity contribution in [1.29, 1.82) is 0 Å². The fourth-order valence-electron chi connectivity index (χ4n) is 24.1. The lowest BCUT2D eigenvalue weighted by molar-refractivity contribution is -0.123. The summed E-state index contributed by atoms with van der Waals surface area (Å²) in [7, 11) is 0. The first-order valence-electron chi connectivity index (χ1n) is 39.0. The van der Waals surface area contributed by atoms with E-state index in [9.17, 15) is 9.59 Å². The molecule has 2 aromatic carbocycles. The third kappa shape index (κ3) is 6.98. The average Bonchev–Trinajstić information content (AvgIpc) is 1.47. The normalized spacial score (nSPS) is 34.1. The van der Waals surface area contributed by atoms with Gasteiger partial charge in [-0.15, -0.1) is 5.10 Å². The van der Waals surface area contributed by atoms with Crippen LogP contribution in [0.1, 0.15) is 57.9 Å². The molecule has 0 radical (unpaired) electrons.